The van der Waals surface area contributed by atoms with Gasteiger partial charge in [-0.25, -0.2) is 0 Å². The van der Waals surface area contributed by atoms with Gasteiger partial charge in [-0.3, -0.25) is 4.90 Å². The minimum Gasteiger partial charge on any atom is -0.399 e. The Hall–Kier alpha value is -1.06. The topological polar surface area (TPSA) is 38.5 Å². The Morgan fingerprint density at radius 2 is 2.18 bits per heavy atom. The highest BCUT2D eigenvalue weighted by molar-refractivity contribution is 5.46. The third kappa shape index (κ3) is 2.45. The number of anilines is 1. The first-order valence-corrected chi connectivity index (χ1v) is 6.48. The molecule has 3 heteroatoms. The van der Waals surface area contributed by atoms with E-state index in [0.717, 1.165) is 44.5 Å². The fraction of sp³-hybridized carbons (Fsp3) is 0.571. The number of fused-ring (bicyclic) bond motifs is 1. The normalized spacial score (nSPS) is 24.8. The van der Waals surface area contributed by atoms with Gasteiger partial charge in [0, 0.05) is 31.9 Å². The van der Waals surface area contributed by atoms with Crippen LogP contribution in [0.25, 0.3) is 0 Å². The highest BCUT2D eigenvalue weighted by Crippen LogP contribution is 2.26. The van der Waals surface area contributed by atoms with E-state index in [1.54, 1.807) is 0 Å². The third-order valence-electron chi connectivity index (χ3n) is 3.79. The summed E-state index contributed by atoms with van der Waals surface area (Å²) in [5, 5.41) is 0. The number of nitrogens with zero attached hydrogens (tertiary/aromatic N) is 1. The first-order valence-electron chi connectivity index (χ1n) is 6.48. The zero-order chi connectivity index (χ0) is 11.7. The number of ether oxygens (including phenoxy) is 1. The van der Waals surface area contributed by atoms with Crippen molar-refractivity contribution >= 4 is 5.69 Å². The Labute approximate surface area is 103 Å². The second kappa shape index (κ2) is 4.67. The molecular weight excluding hydrogens is 212 g/mol. The van der Waals surface area contributed by atoms with Crippen molar-refractivity contribution in [1.82, 2.24) is 4.90 Å². The number of rotatable bonds is 2. The van der Waals surface area contributed by atoms with Gasteiger partial charge in [-0.2, -0.15) is 0 Å². The molecule has 0 bridgehead atoms. The van der Waals surface area contributed by atoms with E-state index in [1.165, 1.54) is 24.0 Å². The van der Waals surface area contributed by atoms with E-state index in [0.29, 0.717) is 0 Å². The summed E-state index contributed by atoms with van der Waals surface area (Å²) in [6.07, 6.45) is 2.54. The lowest BCUT2D eigenvalue weighted by Crippen LogP contribution is -2.30. The second-order valence-corrected chi connectivity index (χ2v) is 5.28. The van der Waals surface area contributed by atoms with Crippen molar-refractivity contribution in [3.8, 4) is 0 Å². The van der Waals surface area contributed by atoms with Gasteiger partial charge in [0.15, 0.2) is 0 Å². The minimum absolute atomic E-state index is 0.718. The molecule has 2 aliphatic heterocycles. The molecule has 0 aromatic heterocycles. The van der Waals surface area contributed by atoms with E-state index in [4.69, 9.17) is 10.5 Å². The monoisotopic (exact) mass is 232 g/mol. The quantitative estimate of drug-likeness (QED) is 0.793. The van der Waals surface area contributed by atoms with E-state index >= 15 is 0 Å². The first-order chi connectivity index (χ1) is 8.31. The van der Waals surface area contributed by atoms with Crippen LogP contribution in [-0.4, -0.2) is 24.7 Å². The number of nitrogens with two attached hydrogens (primary N) is 1. The van der Waals surface area contributed by atoms with Crippen LogP contribution in [0.2, 0.25) is 0 Å². The van der Waals surface area contributed by atoms with Crippen molar-refractivity contribution in [2.24, 2.45) is 5.92 Å². The molecule has 0 amide bonds. The van der Waals surface area contributed by atoms with Gasteiger partial charge >= 0.3 is 0 Å². The Balaban J connectivity index is 1.61. The molecule has 2 N–H and O–H groups in total. The SMILES string of the molecule is Nc1ccc2c(c1)CN(CC1CCCOC1)C2. The summed E-state index contributed by atoms with van der Waals surface area (Å²) in [6.45, 7) is 5.18. The summed E-state index contributed by atoms with van der Waals surface area (Å²) in [4.78, 5) is 2.52. The highest BCUT2D eigenvalue weighted by Gasteiger charge is 2.23. The standard InChI is InChI=1S/C14H20N2O/c15-14-4-3-12-8-16(9-13(12)6-14)7-11-2-1-5-17-10-11/h3-4,6,11H,1-2,5,7-10,15H2. The van der Waals surface area contributed by atoms with Gasteiger partial charge in [-0.05, 0) is 42.0 Å². The molecule has 17 heavy (non-hydrogen) atoms. The number of benzene rings is 1. The minimum atomic E-state index is 0.718. The summed E-state index contributed by atoms with van der Waals surface area (Å²) in [5.41, 5.74) is 9.55. The average molecular weight is 232 g/mol. The molecule has 2 heterocycles. The van der Waals surface area contributed by atoms with Crippen molar-refractivity contribution in [2.45, 2.75) is 25.9 Å². The van der Waals surface area contributed by atoms with Crippen molar-refractivity contribution in [3.63, 3.8) is 0 Å². The smallest absolute Gasteiger partial charge is 0.0506 e. The summed E-state index contributed by atoms with van der Waals surface area (Å²) in [7, 11) is 0. The van der Waals surface area contributed by atoms with Crippen LogP contribution >= 0.6 is 0 Å². The van der Waals surface area contributed by atoms with Crippen LogP contribution in [0.3, 0.4) is 0 Å². The van der Waals surface area contributed by atoms with Gasteiger partial charge < -0.3 is 10.5 Å². The largest absolute Gasteiger partial charge is 0.399 e. The van der Waals surface area contributed by atoms with Crippen molar-refractivity contribution in [1.29, 1.82) is 0 Å². The summed E-state index contributed by atoms with van der Waals surface area (Å²) in [5.74, 6) is 0.718. The zero-order valence-electron chi connectivity index (χ0n) is 10.2. The van der Waals surface area contributed by atoms with Gasteiger partial charge in [-0.15, -0.1) is 0 Å². The van der Waals surface area contributed by atoms with E-state index in [1.807, 2.05) is 6.07 Å². The average Bonchev–Trinajstić information content (AvgIpc) is 2.71. The Morgan fingerprint density at radius 1 is 1.29 bits per heavy atom. The van der Waals surface area contributed by atoms with E-state index in [2.05, 4.69) is 17.0 Å². The van der Waals surface area contributed by atoms with Crippen LogP contribution < -0.4 is 5.73 Å². The molecular formula is C14H20N2O. The molecule has 0 saturated carbocycles. The number of hydrogen-bond donors (Lipinski definition) is 1. The molecule has 0 aliphatic carbocycles. The highest BCUT2D eigenvalue weighted by atomic mass is 16.5. The van der Waals surface area contributed by atoms with E-state index in [-0.39, 0.29) is 0 Å². The van der Waals surface area contributed by atoms with Crippen LogP contribution in [0.5, 0.6) is 0 Å². The Kier molecular flexibility index (Phi) is 3.04. The van der Waals surface area contributed by atoms with Crippen LogP contribution in [0.4, 0.5) is 5.69 Å². The Bertz CT molecular complexity index is 399. The second-order valence-electron chi connectivity index (χ2n) is 5.28. The molecule has 1 unspecified atom stereocenters. The van der Waals surface area contributed by atoms with Crippen LogP contribution in [-0.2, 0) is 17.8 Å². The predicted octanol–water partition coefficient (Wildman–Crippen LogP) is 2.01. The Morgan fingerprint density at radius 3 is 3.00 bits per heavy atom. The molecule has 1 atom stereocenters. The maximum absolute atomic E-state index is 5.82. The van der Waals surface area contributed by atoms with Crippen molar-refractivity contribution < 1.29 is 4.74 Å². The predicted molar refractivity (Wildman–Crippen MR) is 68.5 cm³/mol. The first kappa shape index (κ1) is 11.1. The molecule has 0 radical (unpaired) electrons. The van der Waals surface area contributed by atoms with Crippen molar-refractivity contribution in [2.75, 3.05) is 25.5 Å². The molecule has 2 aliphatic rings. The van der Waals surface area contributed by atoms with Gasteiger partial charge in [-0.1, -0.05) is 6.07 Å². The molecule has 0 spiro atoms. The zero-order valence-corrected chi connectivity index (χ0v) is 10.2. The van der Waals surface area contributed by atoms with Crippen LogP contribution in [0, 0.1) is 5.92 Å². The number of nitrogen functional groups attached to an aromatic ring is 1. The molecule has 3 rings (SSSR count). The lowest BCUT2D eigenvalue weighted by Gasteiger charge is -2.26. The van der Waals surface area contributed by atoms with Gasteiger partial charge in [0.05, 0.1) is 6.61 Å². The van der Waals surface area contributed by atoms with Gasteiger partial charge in [0.2, 0.25) is 0 Å². The summed E-state index contributed by atoms with van der Waals surface area (Å²) >= 11 is 0. The fourth-order valence-corrected chi connectivity index (χ4v) is 2.93. The maximum Gasteiger partial charge on any atom is 0.0506 e. The summed E-state index contributed by atoms with van der Waals surface area (Å²) in [6, 6.07) is 6.29. The van der Waals surface area contributed by atoms with Crippen molar-refractivity contribution in [3.05, 3.63) is 29.3 Å². The summed E-state index contributed by atoms with van der Waals surface area (Å²) < 4.78 is 5.54. The van der Waals surface area contributed by atoms with Crippen LogP contribution in [0.1, 0.15) is 24.0 Å². The molecule has 92 valence electrons. The molecule has 1 saturated heterocycles. The lowest BCUT2D eigenvalue weighted by atomic mass is 10.0. The number of hydrogen-bond acceptors (Lipinski definition) is 3. The molecule has 1 fully saturated rings. The maximum atomic E-state index is 5.82. The lowest BCUT2D eigenvalue weighted by molar-refractivity contribution is 0.0379. The fourth-order valence-electron chi connectivity index (χ4n) is 2.93. The molecule has 1 aromatic rings. The molecule has 3 nitrogen and oxygen atoms in total. The van der Waals surface area contributed by atoms with E-state index < -0.39 is 0 Å². The van der Waals surface area contributed by atoms with Gasteiger partial charge in [0.1, 0.15) is 0 Å². The molecule has 1 aromatic carbocycles. The van der Waals surface area contributed by atoms with Crippen LogP contribution in [0.15, 0.2) is 18.2 Å². The third-order valence-corrected chi connectivity index (χ3v) is 3.79. The van der Waals surface area contributed by atoms with E-state index in [9.17, 15) is 0 Å². The van der Waals surface area contributed by atoms with Gasteiger partial charge in [0.25, 0.3) is 0 Å².